The molecule has 0 fully saturated rings. The standard InChI is InChI=1S/C19H19ClN2O4S/c1-3-11(2)26-14-6-4-5-12(9-14)17(23)22-19(27)21-16-8-7-13(20)10-15(16)18(24)25/h4-11H,3H2,1-2H3,(H,24,25)(H2,21,22,23,27)/t11-/m1/s1. The third kappa shape index (κ3) is 5.94. The molecule has 0 heterocycles. The van der Waals surface area contributed by atoms with Gasteiger partial charge in [-0.15, -0.1) is 0 Å². The summed E-state index contributed by atoms with van der Waals surface area (Å²) in [5.41, 5.74) is 0.545. The molecule has 3 N–H and O–H groups in total. The molecule has 142 valence electrons. The van der Waals surface area contributed by atoms with Crippen LogP contribution in [0.15, 0.2) is 42.5 Å². The average molecular weight is 407 g/mol. The van der Waals surface area contributed by atoms with Gasteiger partial charge in [0.1, 0.15) is 5.75 Å². The molecule has 2 aromatic carbocycles. The molecule has 0 aliphatic rings. The van der Waals surface area contributed by atoms with Crippen molar-refractivity contribution in [2.45, 2.75) is 26.4 Å². The van der Waals surface area contributed by atoms with Gasteiger partial charge in [-0.1, -0.05) is 24.6 Å². The summed E-state index contributed by atoms with van der Waals surface area (Å²) in [4.78, 5) is 23.7. The van der Waals surface area contributed by atoms with Gasteiger partial charge in [-0.05, 0) is 62.0 Å². The lowest BCUT2D eigenvalue weighted by Crippen LogP contribution is -2.34. The van der Waals surface area contributed by atoms with Crippen LogP contribution >= 0.6 is 23.8 Å². The van der Waals surface area contributed by atoms with E-state index in [0.717, 1.165) is 6.42 Å². The van der Waals surface area contributed by atoms with E-state index in [-0.39, 0.29) is 27.5 Å². The minimum absolute atomic E-state index is 0.0296. The first-order valence-corrected chi connectivity index (χ1v) is 9.00. The zero-order valence-electron chi connectivity index (χ0n) is 14.8. The largest absolute Gasteiger partial charge is 0.491 e. The lowest BCUT2D eigenvalue weighted by atomic mass is 10.2. The fraction of sp³-hybridized carbons (Fsp3) is 0.211. The van der Waals surface area contributed by atoms with E-state index >= 15 is 0 Å². The number of anilines is 1. The van der Waals surface area contributed by atoms with Crippen LogP contribution in [-0.4, -0.2) is 28.2 Å². The van der Waals surface area contributed by atoms with Gasteiger partial charge in [-0.3, -0.25) is 10.1 Å². The average Bonchev–Trinajstić information content (AvgIpc) is 2.63. The molecule has 0 aliphatic heterocycles. The maximum atomic E-state index is 12.4. The minimum atomic E-state index is -1.16. The second-order valence-electron chi connectivity index (χ2n) is 5.77. The Morgan fingerprint density at radius 1 is 1.26 bits per heavy atom. The molecule has 0 saturated heterocycles. The molecule has 2 rings (SSSR count). The van der Waals surface area contributed by atoms with Gasteiger partial charge in [-0.25, -0.2) is 4.79 Å². The molecule has 2 aromatic rings. The molecule has 1 amide bonds. The number of carboxylic acids is 1. The molecule has 8 heteroatoms. The Kier molecular flexibility index (Phi) is 7.15. The Labute approximate surface area is 167 Å². The third-order valence-corrected chi connectivity index (χ3v) is 4.13. The molecule has 0 aliphatic carbocycles. The summed E-state index contributed by atoms with van der Waals surface area (Å²) in [6.45, 7) is 3.95. The Morgan fingerprint density at radius 2 is 2.00 bits per heavy atom. The summed E-state index contributed by atoms with van der Waals surface area (Å²) in [5, 5.41) is 14.7. The number of halogens is 1. The molecule has 0 bridgehead atoms. The van der Waals surface area contributed by atoms with Crippen LogP contribution in [0.4, 0.5) is 5.69 Å². The maximum Gasteiger partial charge on any atom is 0.337 e. The van der Waals surface area contributed by atoms with E-state index in [1.165, 1.54) is 18.2 Å². The first-order valence-electron chi connectivity index (χ1n) is 8.22. The Hall–Kier alpha value is -2.64. The summed E-state index contributed by atoms with van der Waals surface area (Å²) in [6, 6.07) is 11.0. The van der Waals surface area contributed by atoms with E-state index in [4.69, 9.17) is 28.6 Å². The van der Waals surface area contributed by atoms with Crippen LogP contribution in [0.25, 0.3) is 0 Å². The SMILES string of the molecule is CC[C@@H](C)Oc1cccc(C(=O)NC(=S)Nc2ccc(Cl)cc2C(=O)O)c1. The number of benzene rings is 2. The van der Waals surface area contributed by atoms with Gasteiger partial charge in [0.25, 0.3) is 5.91 Å². The van der Waals surface area contributed by atoms with Crippen molar-refractivity contribution in [1.82, 2.24) is 5.32 Å². The highest BCUT2D eigenvalue weighted by Gasteiger charge is 2.14. The van der Waals surface area contributed by atoms with E-state index in [2.05, 4.69) is 10.6 Å². The molecule has 0 spiro atoms. The van der Waals surface area contributed by atoms with Crippen molar-refractivity contribution in [3.8, 4) is 5.75 Å². The topological polar surface area (TPSA) is 87.7 Å². The molecule has 0 unspecified atom stereocenters. The number of thiocarbonyl (C=S) groups is 1. The number of ether oxygens (including phenoxy) is 1. The molecule has 0 aromatic heterocycles. The number of rotatable bonds is 6. The lowest BCUT2D eigenvalue weighted by molar-refractivity contribution is 0.0697. The van der Waals surface area contributed by atoms with Gasteiger partial charge in [0.05, 0.1) is 17.4 Å². The molecule has 0 saturated carbocycles. The van der Waals surface area contributed by atoms with E-state index < -0.39 is 11.9 Å². The normalized spacial score (nSPS) is 11.4. The number of aromatic carboxylic acids is 1. The number of carboxylic acid groups (broad SMARTS) is 1. The number of hydrogen-bond donors (Lipinski definition) is 3. The van der Waals surface area contributed by atoms with E-state index in [1.807, 2.05) is 13.8 Å². The van der Waals surface area contributed by atoms with Crippen LogP contribution in [-0.2, 0) is 0 Å². The monoisotopic (exact) mass is 406 g/mol. The van der Waals surface area contributed by atoms with Crippen molar-refractivity contribution in [3.05, 3.63) is 58.6 Å². The fourth-order valence-corrected chi connectivity index (χ4v) is 2.53. The van der Waals surface area contributed by atoms with E-state index in [1.54, 1.807) is 24.3 Å². The highest BCUT2D eigenvalue weighted by atomic mass is 35.5. The quantitative estimate of drug-likeness (QED) is 0.618. The number of nitrogens with one attached hydrogen (secondary N) is 2. The van der Waals surface area contributed by atoms with Gasteiger partial charge in [0.2, 0.25) is 0 Å². The van der Waals surface area contributed by atoms with Crippen LogP contribution < -0.4 is 15.4 Å². The van der Waals surface area contributed by atoms with Gasteiger partial charge in [-0.2, -0.15) is 0 Å². The zero-order valence-corrected chi connectivity index (χ0v) is 16.4. The van der Waals surface area contributed by atoms with Gasteiger partial charge >= 0.3 is 5.97 Å². The van der Waals surface area contributed by atoms with Crippen molar-refractivity contribution in [3.63, 3.8) is 0 Å². The van der Waals surface area contributed by atoms with Crippen LogP contribution in [0.5, 0.6) is 5.75 Å². The predicted octanol–water partition coefficient (Wildman–Crippen LogP) is 4.34. The van der Waals surface area contributed by atoms with Crippen LogP contribution in [0.2, 0.25) is 5.02 Å². The predicted molar refractivity (Wildman–Crippen MR) is 109 cm³/mol. The van der Waals surface area contributed by atoms with Crippen molar-refractivity contribution in [2.24, 2.45) is 0 Å². The molecular formula is C19H19ClN2O4S. The second-order valence-corrected chi connectivity index (χ2v) is 6.61. The molecular weight excluding hydrogens is 388 g/mol. The van der Waals surface area contributed by atoms with Crippen molar-refractivity contribution < 1.29 is 19.4 Å². The lowest BCUT2D eigenvalue weighted by Gasteiger charge is -2.14. The van der Waals surface area contributed by atoms with Crippen molar-refractivity contribution in [2.75, 3.05) is 5.32 Å². The molecule has 1 atom stereocenters. The van der Waals surface area contributed by atoms with Crippen molar-refractivity contribution in [1.29, 1.82) is 0 Å². The fourth-order valence-electron chi connectivity index (χ4n) is 2.16. The van der Waals surface area contributed by atoms with Crippen LogP contribution in [0.3, 0.4) is 0 Å². The Bertz CT molecular complexity index is 873. The molecule has 27 heavy (non-hydrogen) atoms. The minimum Gasteiger partial charge on any atom is -0.491 e. The number of amides is 1. The van der Waals surface area contributed by atoms with E-state index in [0.29, 0.717) is 11.3 Å². The van der Waals surface area contributed by atoms with Crippen LogP contribution in [0, 0.1) is 0 Å². The highest BCUT2D eigenvalue weighted by Crippen LogP contribution is 2.21. The number of carbonyl (C=O) groups is 2. The summed E-state index contributed by atoms with van der Waals surface area (Å²) in [6.07, 6.45) is 0.877. The summed E-state index contributed by atoms with van der Waals surface area (Å²) < 4.78 is 5.70. The molecule has 6 nitrogen and oxygen atoms in total. The third-order valence-electron chi connectivity index (χ3n) is 3.70. The number of hydrogen-bond acceptors (Lipinski definition) is 4. The zero-order chi connectivity index (χ0) is 20.0. The van der Waals surface area contributed by atoms with Crippen molar-refractivity contribution >= 4 is 46.5 Å². The summed E-state index contributed by atoms with van der Waals surface area (Å²) in [7, 11) is 0. The maximum absolute atomic E-state index is 12.4. The highest BCUT2D eigenvalue weighted by molar-refractivity contribution is 7.80. The number of carbonyl (C=O) groups excluding carboxylic acids is 1. The van der Waals surface area contributed by atoms with E-state index in [9.17, 15) is 14.7 Å². The first-order chi connectivity index (χ1) is 12.8. The smallest absolute Gasteiger partial charge is 0.337 e. The van der Waals surface area contributed by atoms with Gasteiger partial charge < -0.3 is 15.2 Å². The summed E-state index contributed by atoms with van der Waals surface area (Å²) >= 11 is 10.9. The first kappa shape index (κ1) is 20.7. The Morgan fingerprint density at radius 3 is 2.67 bits per heavy atom. The van der Waals surface area contributed by atoms with Gasteiger partial charge in [0, 0.05) is 10.6 Å². The Balaban J connectivity index is 2.07. The summed E-state index contributed by atoms with van der Waals surface area (Å²) in [5.74, 6) is -1.02. The van der Waals surface area contributed by atoms with Crippen LogP contribution in [0.1, 0.15) is 41.0 Å². The second kappa shape index (κ2) is 9.34. The van der Waals surface area contributed by atoms with Gasteiger partial charge in [0.15, 0.2) is 5.11 Å². The molecule has 0 radical (unpaired) electrons.